The van der Waals surface area contributed by atoms with Gasteiger partial charge in [0.25, 0.3) is 5.91 Å². The molecule has 1 saturated heterocycles. The van der Waals surface area contributed by atoms with Crippen molar-refractivity contribution in [2.75, 3.05) is 32.7 Å². The molecule has 24 heavy (non-hydrogen) atoms. The lowest BCUT2D eigenvalue weighted by Gasteiger charge is -2.35. The molecule has 0 saturated carbocycles. The molecule has 0 bridgehead atoms. The van der Waals surface area contributed by atoms with Gasteiger partial charge >= 0.3 is 6.18 Å². The van der Waals surface area contributed by atoms with E-state index in [-0.39, 0.29) is 36.1 Å². The third-order valence-corrected chi connectivity index (χ3v) is 3.77. The number of carbonyl (C=O) groups excluding carboxylic acids is 1. The predicted molar refractivity (Wildman–Crippen MR) is 85.3 cm³/mol. The van der Waals surface area contributed by atoms with E-state index in [9.17, 15) is 22.4 Å². The van der Waals surface area contributed by atoms with Gasteiger partial charge in [-0.25, -0.2) is 4.39 Å². The van der Waals surface area contributed by atoms with Gasteiger partial charge in [-0.3, -0.25) is 9.69 Å². The van der Waals surface area contributed by atoms with E-state index in [2.05, 4.69) is 10.6 Å². The molecule has 1 fully saturated rings. The van der Waals surface area contributed by atoms with Crippen LogP contribution in [-0.4, -0.2) is 55.7 Å². The van der Waals surface area contributed by atoms with E-state index in [0.29, 0.717) is 13.1 Å². The standard InChI is InChI=1S/C14H16ClF4N3O.ClH/c15-10-5-9(6-11(16)7-10)13(23)21-8-12(14(17,18)19)22-3-1-20-2-4-22;/h5-7,12,20H,1-4,8H2,(H,21,23);1H. The average molecular weight is 390 g/mol. The Kier molecular flexibility index (Phi) is 7.72. The molecule has 2 N–H and O–H groups in total. The number of nitrogens with zero attached hydrogens (tertiary/aromatic N) is 1. The fourth-order valence-corrected chi connectivity index (χ4v) is 2.64. The van der Waals surface area contributed by atoms with E-state index >= 15 is 0 Å². The van der Waals surface area contributed by atoms with E-state index in [1.54, 1.807) is 0 Å². The lowest BCUT2D eigenvalue weighted by Crippen LogP contribution is -2.57. The minimum absolute atomic E-state index is 0. The summed E-state index contributed by atoms with van der Waals surface area (Å²) in [6, 6.07) is 1.36. The maximum atomic E-state index is 13.2. The highest BCUT2D eigenvalue weighted by Crippen LogP contribution is 2.25. The average Bonchev–Trinajstić information content (AvgIpc) is 2.46. The molecule has 136 valence electrons. The van der Waals surface area contributed by atoms with Crippen molar-refractivity contribution in [3.05, 3.63) is 34.6 Å². The van der Waals surface area contributed by atoms with Crippen LogP contribution in [0.4, 0.5) is 17.6 Å². The molecular weight excluding hydrogens is 373 g/mol. The van der Waals surface area contributed by atoms with Gasteiger partial charge in [-0.1, -0.05) is 11.6 Å². The summed E-state index contributed by atoms with van der Waals surface area (Å²) in [7, 11) is 0. The van der Waals surface area contributed by atoms with Crippen LogP contribution in [0.1, 0.15) is 10.4 Å². The summed E-state index contributed by atoms with van der Waals surface area (Å²) in [5.74, 6) is -1.52. The molecular formula is C14H17Cl2F4N3O. The Morgan fingerprint density at radius 2 is 1.92 bits per heavy atom. The Labute approximate surface area is 147 Å². The van der Waals surface area contributed by atoms with Crippen LogP contribution < -0.4 is 10.6 Å². The normalized spacial score (nSPS) is 17.0. The zero-order valence-electron chi connectivity index (χ0n) is 12.5. The van der Waals surface area contributed by atoms with Crippen LogP contribution in [0.25, 0.3) is 0 Å². The second-order valence-corrected chi connectivity index (χ2v) is 5.65. The van der Waals surface area contributed by atoms with Gasteiger partial charge in [0.15, 0.2) is 0 Å². The molecule has 2 rings (SSSR count). The highest BCUT2D eigenvalue weighted by atomic mass is 35.5. The van der Waals surface area contributed by atoms with Crippen LogP contribution in [0, 0.1) is 5.82 Å². The summed E-state index contributed by atoms with van der Waals surface area (Å²) in [5, 5.41) is 5.19. The Morgan fingerprint density at radius 3 is 2.46 bits per heavy atom. The van der Waals surface area contributed by atoms with Crippen molar-refractivity contribution in [3.63, 3.8) is 0 Å². The zero-order chi connectivity index (χ0) is 17.0. The lowest BCUT2D eigenvalue weighted by molar-refractivity contribution is -0.183. The third kappa shape index (κ3) is 5.77. The number of hydrogen-bond donors (Lipinski definition) is 2. The van der Waals surface area contributed by atoms with Crippen molar-refractivity contribution in [2.45, 2.75) is 12.2 Å². The van der Waals surface area contributed by atoms with Crippen LogP contribution in [0.2, 0.25) is 5.02 Å². The van der Waals surface area contributed by atoms with E-state index in [1.165, 1.54) is 11.0 Å². The Hall–Kier alpha value is -1.09. The third-order valence-electron chi connectivity index (χ3n) is 3.55. The molecule has 1 amide bonds. The van der Waals surface area contributed by atoms with Crippen molar-refractivity contribution in [1.82, 2.24) is 15.5 Å². The van der Waals surface area contributed by atoms with Gasteiger partial charge in [0.2, 0.25) is 0 Å². The fraction of sp³-hybridized carbons (Fsp3) is 0.500. The molecule has 0 radical (unpaired) electrons. The lowest BCUT2D eigenvalue weighted by atomic mass is 10.1. The first kappa shape index (κ1) is 21.0. The number of halogens is 6. The van der Waals surface area contributed by atoms with E-state index in [4.69, 9.17) is 11.6 Å². The zero-order valence-corrected chi connectivity index (χ0v) is 14.1. The molecule has 1 unspecified atom stereocenters. The van der Waals surface area contributed by atoms with Crippen molar-refractivity contribution >= 4 is 29.9 Å². The number of piperazine rings is 1. The molecule has 0 spiro atoms. The van der Waals surface area contributed by atoms with Crippen molar-refractivity contribution < 1.29 is 22.4 Å². The summed E-state index contributed by atoms with van der Waals surface area (Å²) in [4.78, 5) is 13.2. The Bertz CT molecular complexity index is 545. The molecule has 1 aliphatic heterocycles. The quantitative estimate of drug-likeness (QED) is 0.777. The summed E-state index contributed by atoms with van der Waals surface area (Å²) in [6.07, 6.45) is -4.47. The minimum Gasteiger partial charge on any atom is -0.350 e. The molecule has 1 heterocycles. The molecule has 10 heteroatoms. The van der Waals surface area contributed by atoms with Gasteiger partial charge in [0.1, 0.15) is 11.9 Å². The Morgan fingerprint density at radius 1 is 1.29 bits per heavy atom. The van der Waals surface area contributed by atoms with Gasteiger partial charge in [0, 0.05) is 43.3 Å². The monoisotopic (exact) mass is 389 g/mol. The van der Waals surface area contributed by atoms with Crippen LogP contribution >= 0.6 is 24.0 Å². The SMILES string of the molecule is Cl.O=C(NCC(N1CCNCC1)C(F)(F)F)c1cc(F)cc(Cl)c1. The highest BCUT2D eigenvalue weighted by molar-refractivity contribution is 6.31. The predicted octanol–water partition coefficient (Wildman–Crippen LogP) is 2.47. The molecule has 1 aliphatic rings. The number of alkyl halides is 3. The second-order valence-electron chi connectivity index (χ2n) is 5.21. The number of benzene rings is 1. The first-order chi connectivity index (χ1) is 10.8. The number of amides is 1. The van der Waals surface area contributed by atoms with E-state index in [0.717, 1.165) is 12.1 Å². The van der Waals surface area contributed by atoms with Gasteiger partial charge in [-0.15, -0.1) is 12.4 Å². The van der Waals surface area contributed by atoms with Crippen molar-refractivity contribution in [1.29, 1.82) is 0 Å². The summed E-state index contributed by atoms with van der Waals surface area (Å²) in [5.41, 5.74) is -0.115. The first-order valence-electron chi connectivity index (χ1n) is 7.03. The number of hydrogen-bond acceptors (Lipinski definition) is 3. The van der Waals surface area contributed by atoms with Gasteiger partial charge < -0.3 is 10.6 Å². The van der Waals surface area contributed by atoms with Crippen LogP contribution in [-0.2, 0) is 0 Å². The highest BCUT2D eigenvalue weighted by Gasteiger charge is 2.43. The first-order valence-corrected chi connectivity index (χ1v) is 7.41. The molecule has 1 aromatic rings. The largest absolute Gasteiger partial charge is 0.405 e. The molecule has 0 aliphatic carbocycles. The van der Waals surface area contributed by atoms with E-state index < -0.39 is 30.5 Å². The topological polar surface area (TPSA) is 44.4 Å². The molecule has 1 atom stereocenters. The second kappa shape index (κ2) is 8.84. The number of carbonyl (C=O) groups is 1. The van der Waals surface area contributed by atoms with Gasteiger partial charge in [-0.05, 0) is 18.2 Å². The van der Waals surface area contributed by atoms with Crippen molar-refractivity contribution in [2.24, 2.45) is 0 Å². The molecule has 0 aromatic heterocycles. The molecule has 4 nitrogen and oxygen atoms in total. The van der Waals surface area contributed by atoms with Crippen molar-refractivity contribution in [3.8, 4) is 0 Å². The summed E-state index contributed by atoms with van der Waals surface area (Å²) in [6.45, 7) is 0.800. The van der Waals surface area contributed by atoms with E-state index in [1.807, 2.05) is 0 Å². The van der Waals surface area contributed by atoms with Crippen LogP contribution in [0.3, 0.4) is 0 Å². The fourth-order valence-electron chi connectivity index (χ4n) is 2.42. The smallest absolute Gasteiger partial charge is 0.350 e. The minimum atomic E-state index is -4.47. The maximum absolute atomic E-state index is 13.2. The van der Waals surface area contributed by atoms with Gasteiger partial charge in [0.05, 0.1) is 0 Å². The Balaban J connectivity index is 0.00000288. The van der Waals surface area contributed by atoms with Crippen LogP contribution in [0.15, 0.2) is 18.2 Å². The maximum Gasteiger partial charge on any atom is 0.405 e. The molecule has 1 aromatic carbocycles. The summed E-state index contributed by atoms with van der Waals surface area (Å²) < 4.78 is 52.8. The number of rotatable bonds is 4. The number of nitrogens with one attached hydrogen (secondary N) is 2. The van der Waals surface area contributed by atoms with Gasteiger partial charge in [-0.2, -0.15) is 13.2 Å². The summed E-state index contributed by atoms with van der Waals surface area (Å²) >= 11 is 5.64. The van der Waals surface area contributed by atoms with Crippen LogP contribution in [0.5, 0.6) is 0 Å².